The lowest BCUT2D eigenvalue weighted by atomic mass is 10.1. The van der Waals surface area contributed by atoms with Gasteiger partial charge in [0.15, 0.2) is 0 Å². The molecule has 0 spiro atoms. The highest BCUT2D eigenvalue weighted by Gasteiger charge is 2.30. The van der Waals surface area contributed by atoms with E-state index in [1.807, 2.05) is 6.07 Å². The topological polar surface area (TPSA) is 22.1 Å². The monoisotopic (exact) mass is 369 g/mol. The third-order valence-corrected chi connectivity index (χ3v) is 4.38. The summed E-state index contributed by atoms with van der Waals surface area (Å²) >= 11 is 7.39. The van der Waals surface area contributed by atoms with Crippen molar-refractivity contribution in [2.24, 2.45) is 0 Å². The van der Waals surface area contributed by atoms with Crippen LogP contribution in [0.3, 0.4) is 0 Å². The SMILES string of the molecule is FC(F)(F)c1ccc(-c2csc(COc3ccccc3Cl)n2)cc1. The Bertz CT molecular complexity index is 830. The Hall–Kier alpha value is -2.05. The fourth-order valence-corrected chi connectivity index (χ4v) is 2.95. The normalized spacial score (nSPS) is 11.5. The number of benzene rings is 2. The quantitative estimate of drug-likeness (QED) is 0.557. The van der Waals surface area contributed by atoms with E-state index in [0.29, 0.717) is 27.0 Å². The predicted molar refractivity (Wildman–Crippen MR) is 88.3 cm³/mol. The van der Waals surface area contributed by atoms with Crippen LogP contribution in [0.1, 0.15) is 10.6 Å². The van der Waals surface area contributed by atoms with E-state index in [4.69, 9.17) is 16.3 Å². The van der Waals surface area contributed by atoms with E-state index in [1.54, 1.807) is 23.6 Å². The molecule has 0 atom stereocenters. The molecule has 0 N–H and O–H groups in total. The summed E-state index contributed by atoms with van der Waals surface area (Å²) in [6.07, 6.45) is -4.34. The van der Waals surface area contributed by atoms with E-state index < -0.39 is 11.7 Å². The van der Waals surface area contributed by atoms with Crippen LogP contribution in [0.25, 0.3) is 11.3 Å². The lowest BCUT2D eigenvalue weighted by molar-refractivity contribution is -0.137. The molecule has 0 bridgehead atoms. The molecule has 0 fully saturated rings. The number of rotatable bonds is 4. The maximum absolute atomic E-state index is 12.6. The van der Waals surface area contributed by atoms with Gasteiger partial charge in [-0.15, -0.1) is 11.3 Å². The van der Waals surface area contributed by atoms with Crippen LogP contribution in [0.2, 0.25) is 5.02 Å². The molecule has 1 aromatic heterocycles. The van der Waals surface area contributed by atoms with Crippen LogP contribution in [-0.4, -0.2) is 4.98 Å². The maximum Gasteiger partial charge on any atom is 0.416 e. The first-order valence-electron chi connectivity index (χ1n) is 6.93. The average molecular weight is 370 g/mol. The van der Waals surface area contributed by atoms with Gasteiger partial charge in [0.1, 0.15) is 17.4 Å². The van der Waals surface area contributed by atoms with E-state index >= 15 is 0 Å². The van der Waals surface area contributed by atoms with Gasteiger partial charge in [-0.3, -0.25) is 0 Å². The van der Waals surface area contributed by atoms with Gasteiger partial charge in [-0.25, -0.2) is 4.98 Å². The van der Waals surface area contributed by atoms with Crippen molar-refractivity contribution >= 4 is 22.9 Å². The molecular formula is C17H11ClF3NOS. The first kappa shape index (κ1) is 16.8. The molecule has 2 nitrogen and oxygen atoms in total. The third kappa shape index (κ3) is 3.88. The van der Waals surface area contributed by atoms with E-state index in [9.17, 15) is 13.2 Å². The standard InChI is InChI=1S/C17H11ClF3NOS/c18-13-3-1-2-4-15(13)23-9-16-22-14(10-24-16)11-5-7-12(8-6-11)17(19,20)21/h1-8,10H,9H2. The highest BCUT2D eigenvalue weighted by Crippen LogP contribution is 2.31. The van der Waals surface area contributed by atoms with E-state index in [2.05, 4.69) is 4.98 Å². The van der Waals surface area contributed by atoms with Gasteiger partial charge in [-0.05, 0) is 24.3 Å². The van der Waals surface area contributed by atoms with Gasteiger partial charge in [0.05, 0.1) is 16.3 Å². The summed E-state index contributed by atoms with van der Waals surface area (Å²) in [6.45, 7) is 0.245. The smallest absolute Gasteiger partial charge is 0.416 e. The van der Waals surface area contributed by atoms with Crippen molar-refractivity contribution in [3.8, 4) is 17.0 Å². The van der Waals surface area contributed by atoms with E-state index in [1.165, 1.54) is 23.5 Å². The molecular weight excluding hydrogens is 359 g/mol. The molecule has 3 aromatic rings. The third-order valence-electron chi connectivity index (χ3n) is 3.25. The Morgan fingerprint density at radius 1 is 1.04 bits per heavy atom. The van der Waals surface area contributed by atoms with Crippen molar-refractivity contribution in [1.82, 2.24) is 4.98 Å². The van der Waals surface area contributed by atoms with Gasteiger partial charge >= 0.3 is 6.18 Å². The predicted octanol–water partition coefficient (Wildman–Crippen LogP) is 6.06. The van der Waals surface area contributed by atoms with Crippen LogP contribution in [0.5, 0.6) is 5.75 Å². The summed E-state index contributed by atoms with van der Waals surface area (Å²) in [5.41, 5.74) is 0.568. The lowest BCUT2D eigenvalue weighted by Crippen LogP contribution is -2.04. The summed E-state index contributed by atoms with van der Waals surface area (Å²) in [4.78, 5) is 4.39. The lowest BCUT2D eigenvalue weighted by Gasteiger charge is -2.06. The molecule has 7 heteroatoms. The number of thiazole rings is 1. The van der Waals surface area contributed by atoms with Crippen molar-refractivity contribution in [1.29, 1.82) is 0 Å². The molecule has 0 unspecified atom stereocenters. The molecule has 0 radical (unpaired) electrons. The second-order valence-electron chi connectivity index (χ2n) is 4.92. The first-order valence-corrected chi connectivity index (χ1v) is 8.18. The minimum Gasteiger partial charge on any atom is -0.485 e. The number of nitrogens with zero attached hydrogens (tertiary/aromatic N) is 1. The van der Waals surface area contributed by atoms with Gasteiger partial charge in [0.2, 0.25) is 0 Å². The van der Waals surface area contributed by atoms with Crippen LogP contribution in [-0.2, 0) is 12.8 Å². The highest BCUT2D eigenvalue weighted by molar-refractivity contribution is 7.09. The van der Waals surface area contributed by atoms with Crippen molar-refractivity contribution in [3.63, 3.8) is 0 Å². The van der Waals surface area contributed by atoms with Crippen molar-refractivity contribution in [2.75, 3.05) is 0 Å². The molecule has 0 saturated carbocycles. The number of hydrogen-bond acceptors (Lipinski definition) is 3. The Labute approximate surface area is 145 Å². The zero-order valence-corrected chi connectivity index (χ0v) is 13.8. The van der Waals surface area contributed by atoms with Gasteiger partial charge < -0.3 is 4.74 Å². The molecule has 24 heavy (non-hydrogen) atoms. The summed E-state index contributed by atoms with van der Waals surface area (Å²) in [6, 6.07) is 12.0. The van der Waals surface area contributed by atoms with Crippen LogP contribution < -0.4 is 4.74 Å². The van der Waals surface area contributed by atoms with Crippen LogP contribution >= 0.6 is 22.9 Å². The van der Waals surface area contributed by atoms with Gasteiger partial charge in [0, 0.05) is 10.9 Å². The summed E-state index contributed by atoms with van der Waals surface area (Å²) in [5.74, 6) is 0.561. The van der Waals surface area contributed by atoms with Crippen molar-refractivity contribution < 1.29 is 17.9 Å². The van der Waals surface area contributed by atoms with E-state index in [-0.39, 0.29) is 6.61 Å². The summed E-state index contributed by atoms with van der Waals surface area (Å²) < 4.78 is 43.3. The fourth-order valence-electron chi connectivity index (χ4n) is 2.04. The van der Waals surface area contributed by atoms with Crippen molar-refractivity contribution in [2.45, 2.75) is 12.8 Å². The molecule has 3 rings (SSSR count). The van der Waals surface area contributed by atoms with Gasteiger partial charge in [-0.2, -0.15) is 13.2 Å². The Morgan fingerprint density at radius 2 is 1.75 bits per heavy atom. The van der Waals surface area contributed by atoms with Crippen LogP contribution in [0.15, 0.2) is 53.9 Å². The minimum atomic E-state index is -4.34. The number of aromatic nitrogens is 1. The highest BCUT2D eigenvalue weighted by atomic mass is 35.5. The molecule has 0 amide bonds. The van der Waals surface area contributed by atoms with E-state index in [0.717, 1.165) is 12.1 Å². The number of para-hydroxylation sites is 1. The fraction of sp³-hybridized carbons (Fsp3) is 0.118. The van der Waals surface area contributed by atoms with Crippen molar-refractivity contribution in [3.05, 3.63) is 69.5 Å². The minimum absolute atomic E-state index is 0.245. The molecule has 124 valence electrons. The Balaban J connectivity index is 1.70. The molecule has 0 aliphatic carbocycles. The number of hydrogen-bond donors (Lipinski definition) is 0. The molecule has 1 heterocycles. The largest absolute Gasteiger partial charge is 0.485 e. The zero-order valence-electron chi connectivity index (χ0n) is 12.2. The molecule has 0 aliphatic rings. The zero-order chi connectivity index (χ0) is 17.2. The van der Waals surface area contributed by atoms with Crippen LogP contribution in [0.4, 0.5) is 13.2 Å². The summed E-state index contributed by atoms with van der Waals surface area (Å²) in [5, 5.41) is 3.01. The molecule has 2 aromatic carbocycles. The number of ether oxygens (including phenoxy) is 1. The van der Waals surface area contributed by atoms with Crippen LogP contribution in [0, 0.1) is 0 Å². The summed E-state index contributed by atoms with van der Waals surface area (Å²) in [7, 11) is 0. The second-order valence-corrected chi connectivity index (χ2v) is 6.27. The number of alkyl halides is 3. The average Bonchev–Trinajstić information content (AvgIpc) is 3.02. The number of halogens is 4. The molecule has 0 saturated heterocycles. The van der Waals surface area contributed by atoms with Gasteiger partial charge in [0.25, 0.3) is 0 Å². The first-order chi connectivity index (χ1) is 11.4. The Kier molecular flexibility index (Phi) is 4.78. The van der Waals surface area contributed by atoms with Gasteiger partial charge in [-0.1, -0.05) is 35.9 Å². The maximum atomic E-state index is 12.6. The Morgan fingerprint density at radius 3 is 2.42 bits per heavy atom. The molecule has 0 aliphatic heterocycles. The second kappa shape index (κ2) is 6.83.